The van der Waals surface area contributed by atoms with Gasteiger partial charge in [0.2, 0.25) is 0 Å². The monoisotopic (exact) mass is 255 g/mol. The molecule has 1 saturated heterocycles. The molecule has 2 atom stereocenters. The number of piperidine rings is 1. The highest BCUT2D eigenvalue weighted by molar-refractivity contribution is 5.81. The van der Waals surface area contributed by atoms with E-state index in [1.165, 1.54) is 0 Å². The van der Waals surface area contributed by atoms with E-state index >= 15 is 0 Å². The first-order valence-electron chi connectivity index (χ1n) is 6.73. The average Bonchev–Trinajstić information content (AvgIpc) is 2.24. The van der Waals surface area contributed by atoms with Crippen LogP contribution in [0.4, 0.5) is 4.79 Å². The number of amides is 1. The quantitative estimate of drug-likeness (QED) is 0.762. The molecular formula is C14H25NO3. The van der Waals surface area contributed by atoms with E-state index in [1.807, 2.05) is 27.7 Å². The number of Topliss-reactive ketones (excluding diaryl/α,β-unsaturated/α-hetero) is 1. The van der Waals surface area contributed by atoms with Gasteiger partial charge < -0.3 is 9.64 Å². The van der Waals surface area contributed by atoms with Crippen LogP contribution in [-0.4, -0.2) is 35.5 Å². The molecule has 1 rings (SSSR count). The molecule has 1 aliphatic heterocycles. The molecule has 0 bridgehead atoms. The Morgan fingerprint density at radius 3 is 2.39 bits per heavy atom. The lowest BCUT2D eigenvalue weighted by Crippen LogP contribution is -2.47. The SMILES string of the molecule is CCC(=O)C1CC(C)CN(C(=O)OC(C)(C)C)C1. The highest BCUT2D eigenvalue weighted by Gasteiger charge is 2.33. The summed E-state index contributed by atoms with van der Waals surface area (Å²) in [5.41, 5.74) is -0.484. The second-order valence-electron chi connectivity index (χ2n) is 6.24. The Balaban J connectivity index is 2.66. The zero-order valence-electron chi connectivity index (χ0n) is 12.2. The number of carbonyl (C=O) groups is 2. The van der Waals surface area contributed by atoms with Crippen molar-refractivity contribution in [3.8, 4) is 0 Å². The van der Waals surface area contributed by atoms with Gasteiger partial charge in [0.05, 0.1) is 0 Å². The summed E-state index contributed by atoms with van der Waals surface area (Å²) in [7, 11) is 0. The van der Waals surface area contributed by atoms with E-state index in [-0.39, 0.29) is 17.8 Å². The van der Waals surface area contributed by atoms with Crippen molar-refractivity contribution in [2.45, 2.75) is 53.1 Å². The molecule has 0 aliphatic carbocycles. The van der Waals surface area contributed by atoms with Gasteiger partial charge in [-0.1, -0.05) is 13.8 Å². The lowest BCUT2D eigenvalue weighted by Gasteiger charge is -2.36. The van der Waals surface area contributed by atoms with E-state index in [0.29, 0.717) is 25.4 Å². The van der Waals surface area contributed by atoms with E-state index < -0.39 is 5.60 Å². The van der Waals surface area contributed by atoms with Crippen molar-refractivity contribution in [2.24, 2.45) is 11.8 Å². The molecule has 0 spiro atoms. The van der Waals surface area contributed by atoms with Crippen molar-refractivity contribution < 1.29 is 14.3 Å². The van der Waals surface area contributed by atoms with Gasteiger partial charge >= 0.3 is 6.09 Å². The van der Waals surface area contributed by atoms with Gasteiger partial charge in [0.15, 0.2) is 0 Å². The molecule has 0 aromatic carbocycles. The predicted molar refractivity (Wildman–Crippen MR) is 70.4 cm³/mol. The van der Waals surface area contributed by atoms with Gasteiger partial charge in [0, 0.05) is 25.4 Å². The summed E-state index contributed by atoms with van der Waals surface area (Å²) in [5.74, 6) is 0.577. The van der Waals surface area contributed by atoms with Gasteiger partial charge in [-0.05, 0) is 33.1 Å². The van der Waals surface area contributed by atoms with Crippen molar-refractivity contribution in [1.29, 1.82) is 0 Å². The number of nitrogens with zero attached hydrogens (tertiary/aromatic N) is 1. The molecular weight excluding hydrogens is 230 g/mol. The lowest BCUT2D eigenvalue weighted by atomic mass is 9.87. The first kappa shape index (κ1) is 15.0. The standard InChI is InChI=1S/C14H25NO3/c1-6-12(16)11-7-10(2)8-15(9-11)13(17)18-14(3,4)5/h10-11H,6-9H2,1-5H3. The van der Waals surface area contributed by atoms with E-state index in [1.54, 1.807) is 4.90 Å². The van der Waals surface area contributed by atoms with Crippen LogP contribution in [0.2, 0.25) is 0 Å². The number of rotatable bonds is 2. The number of hydrogen-bond acceptors (Lipinski definition) is 3. The van der Waals surface area contributed by atoms with Gasteiger partial charge in [0.25, 0.3) is 0 Å². The van der Waals surface area contributed by atoms with E-state index in [9.17, 15) is 9.59 Å². The number of likely N-dealkylation sites (tertiary alicyclic amines) is 1. The molecule has 1 amide bonds. The van der Waals surface area contributed by atoms with Crippen molar-refractivity contribution in [2.75, 3.05) is 13.1 Å². The van der Waals surface area contributed by atoms with Crippen LogP contribution >= 0.6 is 0 Å². The van der Waals surface area contributed by atoms with Crippen LogP contribution in [0.1, 0.15) is 47.5 Å². The van der Waals surface area contributed by atoms with Gasteiger partial charge in [-0.3, -0.25) is 4.79 Å². The zero-order valence-corrected chi connectivity index (χ0v) is 12.2. The maximum atomic E-state index is 12.0. The van der Waals surface area contributed by atoms with E-state index in [2.05, 4.69) is 6.92 Å². The molecule has 2 unspecified atom stereocenters. The summed E-state index contributed by atoms with van der Waals surface area (Å²) in [5, 5.41) is 0. The van der Waals surface area contributed by atoms with Crippen molar-refractivity contribution in [1.82, 2.24) is 4.90 Å². The van der Waals surface area contributed by atoms with Crippen LogP contribution in [0, 0.1) is 11.8 Å². The molecule has 0 radical (unpaired) electrons. The Hall–Kier alpha value is -1.06. The van der Waals surface area contributed by atoms with E-state index in [0.717, 1.165) is 6.42 Å². The summed E-state index contributed by atoms with van der Waals surface area (Å²) in [6, 6.07) is 0. The maximum Gasteiger partial charge on any atom is 0.410 e. The van der Waals surface area contributed by atoms with Crippen molar-refractivity contribution in [3.05, 3.63) is 0 Å². The zero-order chi connectivity index (χ0) is 13.9. The molecule has 18 heavy (non-hydrogen) atoms. The topological polar surface area (TPSA) is 46.6 Å². The Labute approximate surface area is 110 Å². The second-order valence-corrected chi connectivity index (χ2v) is 6.24. The van der Waals surface area contributed by atoms with Gasteiger partial charge in [-0.15, -0.1) is 0 Å². The molecule has 1 heterocycles. The summed E-state index contributed by atoms with van der Waals surface area (Å²) in [6.45, 7) is 10.7. The van der Waals surface area contributed by atoms with Crippen LogP contribution in [0.3, 0.4) is 0 Å². The highest BCUT2D eigenvalue weighted by atomic mass is 16.6. The molecule has 4 heteroatoms. The summed E-state index contributed by atoms with van der Waals surface area (Å²) in [4.78, 5) is 25.5. The maximum absolute atomic E-state index is 12.0. The van der Waals surface area contributed by atoms with E-state index in [4.69, 9.17) is 4.74 Å². The minimum absolute atomic E-state index is 0.0220. The third-order valence-corrected chi connectivity index (χ3v) is 3.12. The molecule has 0 saturated carbocycles. The molecule has 4 nitrogen and oxygen atoms in total. The number of ketones is 1. The highest BCUT2D eigenvalue weighted by Crippen LogP contribution is 2.24. The molecule has 0 N–H and O–H groups in total. The van der Waals surface area contributed by atoms with Crippen LogP contribution in [0.25, 0.3) is 0 Å². The Kier molecular flexibility index (Phi) is 4.77. The van der Waals surface area contributed by atoms with Crippen LogP contribution in [0.5, 0.6) is 0 Å². The fourth-order valence-electron chi connectivity index (χ4n) is 2.35. The normalized spacial score (nSPS) is 24.8. The minimum atomic E-state index is -0.484. The Morgan fingerprint density at radius 1 is 1.28 bits per heavy atom. The Morgan fingerprint density at radius 2 is 1.89 bits per heavy atom. The summed E-state index contributed by atoms with van der Waals surface area (Å²) in [6.07, 6.45) is 1.12. The number of hydrogen-bond donors (Lipinski definition) is 0. The molecule has 1 fully saturated rings. The summed E-state index contributed by atoms with van der Waals surface area (Å²) >= 11 is 0. The number of carbonyl (C=O) groups excluding carboxylic acids is 2. The van der Waals surface area contributed by atoms with Gasteiger partial charge in [-0.25, -0.2) is 4.79 Å². The second kappa shape index (κ2) is 5.72. The molecule has 0 aromatic rings. The van der Waals surface area contributed by atoms with Crippen LogP contribution in [-0.2, 0) is 9.53 Å². The average molecular weight is 255 g/mol. The molecule has 0 aromatic heterocycles. The van der Waals surface area contributed by atoms with Crippen molar-refractivity contribution in [3.63, 3.8) is 0 Å². The minimum Gasteiger partial charge on any atom is -0.444 e. The first-order chi connectivity index (χ1) is 8.23. The van der Waals surface area contributed by atoms with Crippen LogP contribution < -0.4 is 0 Å². The predicted octanol–water partition coefficient (Wildman–Crippen LogP) is 2.86. The van der Waals surface area contributed by atoms with Crippen molar-refractivity contribution >= 4 is 11.9 Å². The molecule has 1 aliphatic rings. The molecule has 104 valence electrons. The van der Waals surface area contributed by atoms with Gasteiger partial charge in [-0.2, -0.15) is 0 Å². The lowest BCUT2D eigenvalue weighted by molar-refractivity contribution is -0.124. The first-order valence-corrected chi connectivity index (χ1v) is 6.73. The smallest absolute Gasteiger partial charge is 0.410 e. The largest absolute Gasteiger partial charge is 0.444 e. The third kappa shape index (κ3) is 4.31. The third-order valence-electron chi connectivity index (χ3n) is 3.12. The summed E-state index contributed by atoms with van der Waals surface area (Å²) < 4.78 is 5.36. The fraction of sp³-hybridized carbons (Fsp3) is 0.857. The Bertz CT molecular complexity index is 319. The number of ether oxygens (including phenoxy) is 1. The fourth-order valence-corrected chi connectivity index (χ4v) is 2.35. The van der Waals surface area contributed by atoms with Gasteiger partial charge in [0.1, 0.15) is 11.4 Å². The van der Waals surface area contributed by atoms with Crippen LogP contribution in [0.15, 0.2) is 0 Å².